The Hall–Kier alpha value is -4.03. The van der Waals surface area contributed by atoms with Crippen molar-refractivity contribution in [3.05, 3.63) is 54.6 Å². The molecule has 1 saturated heterocycles. The zero-order chi connectivity index (χ0) is 24.9. The Bertz CT molecular complexity index is 1250. The van der Waals surface area contributed by atoms with Gasteiger partial charge in [-0.1, -0.05) is 0 Å². The standard InChI is InChI=1S/C26H27N4O5/c1-17(2)34-20-9-7-19(8-10-20)30(29-11-5-6-12-29)26(31)35-25-18(15-27)16-28-22-14-24(33-4)23(32-3)13-21(22)25/h5,7-10,13-14,16-17H,6,11-12H2,1-4H3. The van der Waals surface area contributed by atoms with E-state index in [0.717, 1.165) is 6.42 Å². The van der Waals surface area contributed by atoms with Gasteiger partial charge in [0.15, 0.2) is 17.2 Å². The molecule has 9 heteroatoms. The van der Waals surface area contributed by atoms with Crippen LogP contribution in [0, 0.1) is 17.8 Å². The topological polar surface area (TPSA) is 97.2 Å². The molecule has 0 N–H and O–H groups in total. The first-order valence-electron chi connectivity index (χ1n) is 11.2. The number of hydrazine groups is 1. The summed E-state index contributed by atoms with van der Waals surface area (Å²) in [5, 5.41) is 13.5. The van der Waals surface area contributed by atoms with E-state index < -0.39 is 6.09 Å². The van der Waals surface area contributed by atoms with Gasteiger partial charge in [-0.05, 0) is 57.0 Å². The number of aromatic nitrogens is 1. The van der Waals surface area contributed by atoms with Crippen LogP contribution in [0.5, 0.6) is 23.0 Å². The maximum Gasteiger partial charge on any atom is 0.434 e. The van der Waals surface area contributed by atoms with E-state index in [0.29, 0.717) is 46.9 Å². The Morgan fingerprint density at radius 1 is 1.14 bits per heavy atom. The molecule has 0 atom stereocenters. The number of anilines is 1. The van der Waals surface area contributed by atoms with Crippen molar-refractivity contribution in [2.45, 2.75) is 26.4 Å². The first-order chi connectivity index (χ1) is 16.9. The van der Waals surface area contributed by atoms with Crippen LogP contribution < -0.4 is 24.0 Å². The summed E-state index contributed by atoms with van der Waals surface area (Å²) in [4.78, 5) is 17.9. The molecule has 2 heterocycles. The molecule has 1 aromatic heterocycles. The van der Waals surface area contributed by atoms with Crippen molar-refractivity contribution in [2.75, 3.05) is 32.3 Å². The summed E-state index contributed by atoms with van der Waals surface area (Å²) < 4.78 is 22.4. The second-order valence-electron chi connectivity index (χ2n) is 8.17. The minimum atomic E-state index is -0.642. The number of carbonyl (C=O) groups is 1. The number of amides is 1. The van der Waals surface area contributed by atoms with Crippen LogP contribution in [0.15, 0.2) is 42.6 Å². The summed E-state index contributed by atoms with van der Waals surface area (Å²) in [5.74, 6) is 1.72. The summed E-state index contributed by atoms with van der Waals surface area (Å²) >= 11 is 0. The highest BCUT2D eigenvalue weighted by atomic mass is 16.6. The van der Waals surface area contributed by atoms with Crippen molar-refractivity contribution in [3.63, 3.8) is 0 Å². The van der Waals surface area contributed by atoms with Gasteiger partial charge in [0.25, 0.3) is 0 Å². The first-order valence-corrected chi connectivity index (χ1v) is 11.2. The van der Waals surface area contributed by atoms with Gasteiger partial charge in [-0.3, -0.25) is 4.98 Å². The Morgan fingerprint density at radius 3 is 2.46 bits per heavy atom. The molecule has 35 heavy (non-hydrogen) atoms. The van der Waals surface area contributed by atoms with E-state index in [1.807, 2.05) is 31.0 Å². The fourth-order valence-electron chi connectivity index (χ4n) is 3.89. The number of benzene rings is 2. The fourth-order valence-corrected chi connectivity index (χ4v) is 3.89. The summed E-state index contributed by atoms with van der Waals surface area (Å²) in [5.41, 5.74) is 1.25. The maximum atomic E-state index is 13.6. The molecule has 0 aliphatic carbocycles. The van der Waals surface area contributed by atoms with Crippen LogP contribution in [0.3, 0.4) is 0 Å². The third kappa shape index (κ3) is 5.08. The molecule has 1 aliphatic rings. The SMILES string of the molecule is COc1cc2ncc(C#N)c(OC(=O)N(c3ccc(OC(C)C)cc3)N3C[CH]CC3)c2cc1OC. The van der Waals surface area contributed by atoms with Crippen LogP contribution in [0.25, 0.3) is 10.9 Å². The normalized spacial score (nSPS) is 13.5. The van der Waals surface area contributed by atoms with Crippen molar-refractivity contribution >= 4 is 22.7 Å². The highest BCUT2D eigenvalue weighted by Gasteiger charge is 2.29. The molecule has 0 bridgehead atoms. The third-order valence-electron chi connectivity index (χ3n) is 5.47. The smallest absolute Gasteiger partial charge is 0.434 e. The Morgan fingerprint density at radius 2 is 1.86 bits per heavy atom. The molecule has 1 fully saturated rings. The average Bonchev–Trinajstić information content (AvgIpc) is 3.38. The van der Waals surface area contributed by atoms with E-state index in [1.165, 1.54) is 25.4 Å². The van der Waals surface area contributed by atoms with E-state index in [1.54, 1.807) is 24.3 Å². The van der Waals surface area contributed by atoms with E-state index in [4.69, 9.17) is 18.9 Å². The molecular weight excluding hydrogens is 448 g/mol. The van der Waals surface area contributed by atoms with E-state index in [-0.39, 0.29) is 17.4 Å². The summed E-state index contributed by atoms with van der Waals surface area (Å²) in [6.45, 7) is 5.15. The molecule has 9 nitrogen and oxygen atoms in total. The molecule has 2 aromatic carbocycles. The lowest BCUT2D eigenvalue weighted by molar-refractivity contribution is 0.185. The zero-order valence-electron chi connectivity index (χ0n) is 20.1. The highest BCUT2D eigenvalue weighted by molar-refractivity contribution is 5.95. The largest absolute Gasteiger partial charge is 0.493 e. The molecule has 0 unspecified atom stereocenters. The zero-order valence-corrected chi connectivity index (χ0v) is 20.1. The fraction of sp³-hybridized carbons (Fsp3) is 0.308. The van der Waals surface area contributed by atoms with Crippen molar-refractivity contribution in [1.29, 1.82) is 5.26 Å². The van der Waals surface area contributed by atoms with Gasteiger partial charge >= 0.3 is 6.09 Å². The lowest BCUT2D eigenvalue weighted by Gasteiger charge is -2.31. The second-order valence-corrected chi connectivity index (χ2v) is 8.17. The number of methoxy groups -OCH3 is 2. The second kappa shape index (κ2) is 10.5. The molecule has 1 amide bonds. The first kappa shape index (κ1) is 24.1. The number of nitriles is 1. The van der Waals surface area contributed by atoms with E-state index in [2.05, 4.69) is 17.5 Å². The Kier molecular flexibility index (Phi) is 7.22. The molecule has 3 aromatic rings. The number of pyridine rings is 1. The Labute approximate surface area is 204 Å². The van der Waals surface area contributed by atoms with Crippen molar-refractivity contribution in [3.8, 4) is 29.1 Å². The molecule has 1 radical (unpaired) electrons. The number of ether oxygens (including phenoxy) is 4. The van der Waals surface area contributed by atoms with Gasteiger partial charge in [0.2, 0.25) is 0 Å². The van der Waals surface area contributed by atoms with Crippen LogP contribution in [-0.4, -0.2) is 49.5 Å². The lowest BCUT2D eigenvalue weighted by Crippen LogP contribution is -2.46. The van der Waals surface area contributed by atoms with Crippen LogP contribution >= 0.6 is 0 Å². The van der Waals surface area contributed by atoms with Gasteiger partial charge in [0, 0.05) is 30.7 Å². The Balaban J connectivity index is 1.73. The minimum Gasteiger partial charge on any atom is -0.493 e. The monoisotopic (exact) mass is 475 g/mol. The average molecular weight is 476 g/mol. The molecule has 0 saturated carbocycles. The van der Waals surface area contributed by atoms with Crippen LogP contribution in [0.2, 0.25) is 0 Å². The van der Waals surface area contributed by atoms with Gasteiger partial charge < -0.3 is 18.9 Å². The molecule has 1 aliphatic heterocycles. The van der Waals surface area contributed by atoms with Crippen molar-refractivity contribution < 1.29 is 23.7 Å². The van der Waals surface area contributed by atoms with Gasteiger partial charge in [0.05, 0.1) is 31.5 Å². The minimum absolute atomic E-state index is 0.0371. The number of carbonyl (C=O) groups excluding carboxylic acids is 1. The van der Waals surface area contributed by atoms with Crippen LogP contribution in [-0.2, 0) is 0 Å². The summed E-state index contributed by atoms with van der Waals surface area (Å²) in [6.07, 6.45) is 3.71. The summed E-state index contributed by atoms with van der Waals surface area (Å²) in [7, 11) is 3.03. The predicted octanol–water partition coefficient (Wildman–Crippen LogP) is 4.74. The molecule has 4 rings (SSSR count). The van der Waals surface area contributed by atoms with Gasteiger partial charge in [-0.15, -0.1) is 0 Å². The molecular formula is C26H27N4O5. The van der Waals surface area contributed by atoms with Crippen LogP contribution in [0.4, 0.5) is 10.5 Å². The highest BCUT2D eigenvalue weighted by Crippen LogP contribution is 2.37. The van der Waals surface area contributed by atoms with Crippen LogP contribution in [0.1, 0.15) is 25.8 Å². The van der Waals surface area contributed by atoms with E-state index in [9.17, 15) is 10.1 Å². The number of hydrogen-bond acceptors (Lipinski definition) is 8. The summed E-state index contributed by atoms with van der Waals surface area (Å²) in [6, 6.07) is 12.6. The van der Waals surface area contributed by atoms with Crippen molar-refractivity contribution in [1.82, 2.24) is 9.99 Å². The number of hydrogen-bond donors (Lipinski definition) is 0. The van der Waals surface area contributed by atoms with Crippen molar-refractivity contribution in [2.24, 2.45) is 0 Å². The maximum absolute atomic E-state index is 13.6. The molecule has 181 valence electrons. The van der Waals surface area contributed by atoms with E-state index >= 15 is 0 Å². The number of nitrogens with zero attached hydrogens (tertiary/aromatic N) is 4. The van der Waals surface area contributed by atoms with Gasteiger partial charge in [-0.2, -0.15) is 5.26 Å². The number of rotatable bonds is 7. The molecule has 0 spiro atoms. The van der Waals surface area contributed by atoms with Gasteiger partial charge in [-0.25, -0.2) is 14.8 Å². The lowest BCUT2D eigenvalue weighted by atomic mass is 10.1. The third-order valence-corrected chi connectivity index (χ3v) is 5.47. The predicted molar refractivity (Wildman–Crippen MR) is 131 cm³/mol. The quantitative estimate of drug-likeness (QED) is 0.483. The van der Waals surface area contributed by atoms with Gasteiger partial charge in [0.1, 0.15) is 17.4 Å². The number of fused-ring (bicyclic) bond motifs is 1.